The highest BCUT2D eigenvalue weighted by molar-refractivity contribution is 7.91. The molecule has 2 rings (SSSR count). The minimum absolute atomic E-state index is 0.0177. The fraction of sp³-hybridized carbons (Fsp3) is 0.909. The molecule has 0 saturated carbocycles. The Kier molecular flexibility index (Phi) is 4.04. The monoisotopic (exact) mass is 261 g/mol. The molecule has 1 unspecified atom stereocenters. The summed E-state index contributed by atoms with van der Waals surface area (Å²) in [5, 5.41) is 0. The average molecular weight is 261 g/mol. The number of carbonyl (C=O) groups is 1. The number of ether oxygens (including phenoxy) is 1. The largest absolute Gasteiger partial charge is 0.378 e. The van der Waals surface area contributed by atoms with Crippen molar-refractivity contribution in [3.63, 3.8) is 0 Å². The van der Waals surface area contributed by atoms with E-state index < -0.39 is 9.84 Å². The van der Waals surface area contributed by atoms with Crippen LogP contribution >= 0.6 is 0 Å². The summed E-state index contributed by atoms with van der Waals surface area (Å²) in [7, 11) is -2.90. The fourth-order valence-electron chi connectivity index (χ4n) is 2.47. The van der Waals surface area contributed by atoms with Gasteiger partial charge in [0.2, 0.25) is 5.91 Å². The van der Waals surface area contributed by atoms with Gasteiger partial charge in [0.1, 0.15) is 0 Å². The van der Waals surface area contributed by atoms with Gasteiger partial charge < -0.3 is 9.64 Å². The van der Waals surface area contributed by atoms with Crippen LogP contribution in [0.15, 0.2) is 0 Å². The van der Waals surface area contributed by atoms with Gasteiger partial charge in [0.15, 0.2) is 9.84 Å². The van der Waals surface area contributed by atoms with Gasteiger partial charge in [0.05, 0.1) is 24.7 Å². The summed E-state index contributed by atoms with van der Waals surface area (Å²) in [5.74, 6) is 0.567. The van der Waals surface area contributed by atoms with Crippen LogP contribution < -0.4 is 0 Å². The van der Waals surface area contributed by atoms with E-state index in [1.165, 1.54) is 0 Å². The first-order valence-electron chi connectivity index (χ1n) is 6.13. The van der Waals surface area contributed by atoms with Crippen molar-refractivity contribution in [3.05, 3.63) is 0 Å². The summed E-state index contributed by atoms with van der Waals surface area (Å²) in [6, 6.07) is 0. The number of carbonyl (C=O) groups excluding carboxylic acids is 1. The highest BCUT2D eigenvalue weighted by Gasteiger charge is 2.28. The Bertz CT molecular complexity index is 373. The van der Waals surface area contributed by atoms with Crippen LogP contribution in [0.25, 0.3) is 0 Å². The number of hydrogen-bond donors (Lipinski definition) is 0. The molecule has 0 aromatic carbocycles. The van der Waals surface area contributed by atoms with E-state index in [-0.39, 0.29) is 23.3 Å². The molecule has 0 aliphatic carbocycles. The normalized spacial score (nSPS) is 28.9. The van der Waals surface area contributed by atoms with Gasteiger partial charge in [-0.2, -0.15) is 0 Å². The molecule has 0 spiro atoms. The molecule has 0 bridgehead atoms. The molecule has 2 saturated heterocycles. The van der Waals surface area contributed by atoms with Crippen LogP contribution in [0.2, 0.25) is 0 Å². The molecule has 2 aliphatic heterocycles. The van der Waals surface area contributed by atoms with Crippen molar-refractivity contribution < 1.29 is 17.9 Å². The fourth-order valence-corrected chi connectivity index (χ4v) is 4.24. The average Bonchev–Trinajstić information content (AvgIpc) is 2.29. The van der Waals surface area contributed by atoms with Gasteiger partial charge in [0.25, 0.3) is 0 Å². The maximum atomic E-state index is 12.0. The van der Waals surface area contributed by atoms with E-state index in [1.54, 1.807) is 4.90 Å². The van der Waals surface area contributed by atoms with Crippen molar-refractivity contribution in [1.82, 2.24) is 4.90 Å². The standard InChI is InChI=1S/C11H19NO4S/c13-11(12-3-5-16-6-4-12)8-10-2-1-7-17(14,15)9-10/h10H,1-9H2. The molecule has 0 aromatic rings. The lowest BCUT2D eigenvalue weighted by atomic mass is 10.0. The first-order valence-corrected chi connectivity index (χ1v) is 7.95. The Morgan fingerprint density at radius 1 is 1.29 bits per heavy atom. The Morgan fingerprint density at radius 3 is 2.65 bits per heavy atom. The zero-order chi connectivity index (χ0) is 12.3. The van der Waals surface area contributed by atoms with Gasteiger partial charge in [-0.25, -0.2) is 8.42 Å². The lowest BCUT2D eigenvalue weighted by Gasteiger charge is -2.29. The first-order chi connectivity index (χ1) is 8.07. The quantitative estimate of drug-likeness (QED) is 0.705. The van der Waals surface area contributed by atoms with Gasteiger partial charge in [-0.1, -0.05) is 0 Å². The van der Waals surface area contributed by atoms with Crippen molar-refractivity contribution in [2.24, 2.45) is 5.92 Å². The molecular weight excluding hydrogens is 242 g/mol. The van der Waals surface area contributed by atoms with Crippen LogP contribution in [-0.2, 0) is 19.4 Å². The van der Waals surface area contributed by atoms with Gasteiger partial charge in [0, 0.05) is 19.5 Å². The number of nitrogens with zero attached hydrogens (tertiary/aromatic N) is 1. The SMILES string of the molecule is O=C(CC1CCCS(=O)(=O)C1)N1CCOCC1. The van der Waals surface area contributed by atoms with Crippen LogP contribution in [0.1, 0.15) is 19.3 Å². The molecule has 1 atom stereocenters. The molecule has 98 valence electrons. The lowest BCUT2D eigenvalue weighted by Crippen LogP contribution is -2.42. The van der Waals surface area contributed by atoms with E-state index >= 15 is 0 Å². The Hall–Kier alpha value is -0.620. The number of morpholine rings is 1. The van der Waals surface area contributed by atoms with E-state index in [0.717, 1.165) is 6.42 Å². The van der Waals surface area contributed by atoms with Crippen LogP contribution in [0.4, 0.5) is 0 Å². The van der Waals surface area contributed by atoms with E-state index in [1.807, 2.05) is 0 Å². The predicted octanol–water partition coefficient (Wildman–Crippen LogP) is 0.0601. The Labute approximate surface area is 102 Å². The summed E-state index contributed by atoms with van der Waals surface area (Å²) < 4.78 is 28.1. The van der Waals surface area contributed by atoms with Gasteiger partial charge in [-0.15, -0.1) is 0 Å². The molecule has 5 nitrogen and oxygen atoms in total. The predicted molar refractivity (Wildman–Crippen MR) is 63.4 cm³/mol. The first kappa shape index (κ1) is 12.8. The minimum atomic E-state index is -2.90. The summed E-state index contributed by atoms with van der Waals surface area (Å²) in [5.41, 5.74) is 0. The van der Waals surface area contributed by atoms with Gasteiger partial charge >= 0.3 is 0 Å². The van der Waals surface area contributed by atoms with Crippen LogP contribution in [-0.4, -0.2) is 57.0 Å². The third-order valence-electron chi connectivity index (χ3n) is 3.38. The van der Waals surface area contributed by atoms with Crippen molar-refractivity contribution >= 4 is 15.7 Å². The molecular formula is C11H19NO4S. The van der Waals surface area contributed by atoms with E-state index in [4.69, 9.17) is 4.74 Å². The molecule has 0 aromatic heterocycles. The highest BCUT2D eigenvalue weighted by atomic mass is 32.2. The summed E-state index contributed by atoms with van der Waals surface area (Å²) in [6.07, 6.45) is 1.93. The van der Waals surface area contributed by atoms with E-state index in [2.05, 4.69) is 0 Å². The molecule has 1 amide bonds. The summed E-state index contributed by atoms with van der Waals surface area (Å²) >= 11 is 0. The minimum Gasteiger partial charge on any atom is -0.378 e. The molecule has 6 heteroatoms. The Balaban J connectivity index is 1.85. The molecule has 2 fully saturated rings. The van der Waals surface area contributed by atoms with Crippen molar-refractivity contribution in [2.75, 3.05) is 37.8 Å². The number of hydrogen-bond acceptors (Lipinski definition) is 4. The third-order valence-corrected chi connectivity index (χ3v) is 5.27. The second-order valence-corrected chi connectivity index (χ2v) is 7.05. The maximum absolute atomic E-state index is 12.0. The lowest BCUT2D eigenvalue weighted by molar-refractivity contribution is -0.136. The zero-order valence-corrected chi connectivity index (χ0v) is 10.7. The van der Waals surface area contributed by atoms with Gasteiger partial charge in [-0.05, 0) is 18.8 Å². The topological polar surface area (TPSA) is 63.7 Å². The Morgan fingerprint density at radius 2 is 2.00 bits per heavy atom. The van der Waals surface area contributed by atoms with Gasteiger partial charge in [-0.3, -0.25) is 4.79 Å². The van der Waals surface area contributed by atoms with Crippen molar-refractivity contribution in [1.29, 1.82) is 0 Å². The highest BCUT2D eigenvalue weighted by Crippen LogP contribution is 2.22. The molecule has 0 N–H and O–H groups in total. The number of sulfone groups is 1. The second-order valence-electron chi connectivity index (χ2n) is 4.82. The number of rotatable bonds is 2. The third kappa shape index (κ3) is 3.67. The van der Waals surface area contributed by atoms with Crippen LogP contribution in [0.5, 0.6) is 0 Å². The van der Waals surface area contributed by atoms with Crippen LogP contribution in [0, 0.1) is 5.92 Å². The van der Waals surface area contributed by atoms with Crippen molar-refractivity contribution in [3.8, 4) is 0 Å². The molecule has 2 heterocycles. The molecule has 2 aliphatic rings. The second kappa shape index (κ2) is 5.35. The molecule has 17 heavy (non-hydrogen) atoms. The number of amides is 1. The zero-order valence-electron chi connectivity index (χ0n) is 9.93. The molecule has 0 radical (unpaired) electrons. The van der Waals surface area contributed by atoms with E-state index in [9.17, 15) is 13.2 Å². The van der Waals surface area contributed by atoms with Crippen LogP contribution in [0.3, 0.4) is 0 Å². The smallest absolute Gasteiger partial charge is 0.223 e. The van der Waals surface area contributed by atoms with E-state index in [0.29, 0.717) is 39.1 Å². The summed E-state index contributed by atoms with van der Waals surface area (Å²) in [4.78, 5) is 13.7. The maximum Gasteiger partial charge on any atom is 0.223 e. The van der Waals surface area contributed by atoms with Crippen molar-refractivity contribution in [2.45, 2.75) is 19.3 Å². The summed E-state index contributed by atoms with van der Waals surface area (Å²) in [6.45, 7) is 2.46.